The van der Waals surface area contributed by atoms with Gasteiger partial charge in [0.05, 0.1) is 13.1 Å². The van der Waals surface area contributed by atoms with Gasteiger partial charge in [-0.2, -0.15) is 0 Å². The second-order valence-electron chi connectivity index (χ2n) is 3.64. The summed E-state index contributed by atoms with van der Waals surface area (Å²) in [6.45, 7) is 0.0599. The third-order valence-corrected chi connectivity index (χ3v) is 2.26. The van der Waals surface area contributed by atoms with Crippen LogP contribution in [0.1, 0.15) is 5.69 Å². The summed E-state index contributed by atoms with van der Waals surface area (Å²) < 4.78 is 0. The predicted molar refractivity (Wildman–Crippen MR) is 55.7 cm³/mol. The summed E-state index contributed by atoms with van der Waals surface area (Å²) in [5, 5.41) is 18.4. The molecule has 0 radical (unpaired) electrons. The van der Waals surface area contributed by atoms with Gasteiger partial charge in [-0.1, -0.05) is 12.0 Å². The quantitative estimate of drug-likeness (QED) is 0.608. The van der Waals surface area contributed by atoms with Crippen LogP contribution in [0.5, 0.6) is 0 Å². The summed E-state index contributed by atoms with van der Waals surface area (Å²) in [6.07, 6.45) is 0.572. The summed E-state index contributed by atoms with van der Waals surface area (Å²) in [6, 6.07) is 5.30. The van der Waals surface area contributed by atoms with Crippen LogP contribution in [0.3, 0.4) is 0 Å². The number of carboxylic acid groups (broad SMARTS) is 1. The van der Waals surface area contributed by atoms with E-state index in [0.29, 0.717) is 5.69 Å². The Labute approximate surface area is 92.3 Å². The van der Waals surface area contributed by atoms with Crippen molar-refractivity contribution in [2.75, 3.05) is 13.1 Å². The number of pyridine rings is 1. The Morgan fingerprint density at radius 2 is 2.25 bits per heavy atom. The summed E-state index contributed by atoms with van der Waals surface area (Å²) in [7, 11) is 0. The number of hydrogen-bond donors (Lipinski definition) is 2. The number of rotatable bonds is 0. The molecule has 2 heterocycles. The van der Waals surface area contributed by atoms with Crippen LogP contribution in [0.25, 0.3) is 0 Å². The Morgan fingerprint density at radius 3 is 2.81 bits per heavy atom. The lowest BCUT2D eigenvalue weighted by Crippen LogP contribution is -2.62. The number of carbonyl (C=O) groups is 1. The Balaban J connectivity index is 2.02. The summed E-state index contributed by atoms with van der Waals surface area (Å²) in [5.41, 5.74) is -0.666. The maximum atomic E-state index is 10.5. The van der Waals surface area contributed by atoms with Crippen LogP contribution < -0.4 is 0 Å². The molecule has 1 aromatic rings. The van der Waals surface area contributed by atoms with Gasteiger partial charge >= 0.3 is 6.09 Å². The lowest BCUT2D eigenvalue weighted by atomic mass is 9.95. The van der Waals surface area contributed by atoms with Crippen molar-refractivity contribution in [3.63, 3.8) is 0 Å². The van der Waals surface area contributed by atoms with E-state index in [0.717, 1.165) is 4.90 Å². The number of aliphatic hydroxyl groups is 1. The van der Waals surface area contributed by atoms with Crippen LogP contribution in [-0.4, -0.2) is 44.9 Å². The molecule has 16 heavy (non-hydrogen) atoms. The lowest BCUT2D eigenvalue weighted by Gasteiger charge is -2.40. The van der Waals surface area contributed by atoms with E-state index in [2.05, 4.69) is 16.8 Å². The summed E-state index contributed by atoms with van der Waals surface area (Å²) in [5.74, 6) is 5.35. The number of hydrogen-bond acceptors (Lipinski definition) is 3. The van der Waals surface area contributed by atoms with Crippen LogP contribution in [-0.2, 0) is 0 Å². The van der Waals surface area contributed by atoms with Gasteiger partial charge in [0, 0.05) is 6.20 Å². The van der Waals surface area contributed by atoms with Gasteiger partial charge in [-0.05, 0) is 18.1 Å². The molecule has 0 unspecified atom stereocenters. The van der Waals surface area contributed by atoms with Gasteiger partial charge in [0.1, 0.15) is 5.69 Å². The fraction of sp³-hybridized carbons (Fsp3) is 0.273. The first kappa shape index (κ1) is 10.5. The van der Waals surface area contributed by atoms with Crippen molar-refractivity contribution in [3.8, 4) is 11.8 Å². The second kappa shape index (κ2) is 3.83. The fourth-order valence-corrected chi connectivity index (χ4v) is 1.42. The van der Waals surface area contributed by atoms with E-state index in [1.807, 2.05) is 0 Å². The number of amides is 1. The van der Waals surface area contributed by atoms with E-state index in [1.165, 1.54) is 0 Å². The molecule has 5 nitrogen and oxygen atoms in total. The third-order valence-electron chi connectivity index (χ3n) is 2.26. The summed E-state index contributed by atoms with van der Waals surface area (Å²) >= 11 is 0. The fourth-order valence-electron chi connectivity index (χ4n) is 1.42. The molecule has 0 aromatic carbocycles. The van der Waals surface area contributed by atoms with Gasteiger partial charge in [0.2, 0.25) is 0 Å². The van der Waals surface area contributed by atoms with E-state index >= 15 is 0 Å². The largest absolute Gasteiger partial charge is 0.465 e. The zero-order valence-corrected chi connectivity index (χ0v) is 8.42. The number of aromatic nitrogens is 1. The van der Waals surface area contributed by atoms with Gasteiger partial charge in [-0.3, -0.25) is 0 Å². The Hall–Kier alpha value is -2.06. The Morgan fingerprint density at radius 1 is 1.50 bits per heavy atom. The molecule has 0 saturated carbocycles. The van der Waals surface area contributed by atoms with Crippen molar-refractivity contribution < 1.29 is 15.0 Å². The predicted octanol–water partition coefficient (Wildman–Crippen LogP) is 0.158. The van der Waals surface area contributed by atoms with Crippen molar-refractivity contribution >= 4 is 6.09 Å². The Kier molecular flexibility index (Phi) is 2.50. The molecular weight excluding hydrogens is 208 g/mol. The van der Waals surface area contributed by atoms with Crippen molar-refractivity contribution in [2.45, 2.75) is 5.60 Å². The molecule has 1 aromatic heterocycles. The highest BCUT2D eigenvalue weighted by molar-refractivity contribution is 5.67. The maximum Gasteiger partial charge on any atom is 0.407 e. The first-order valence-corrected chi connectivity index (χ1v) is 4.73. The number of nitrogens with zero attached hydrogens (tertiary/aromatic N) is 2. The molecular formula is C11H10N2O3. The molecule has 0 aliphatic carbocycles. The topological polar surface area (TPSA) is 73.7 Å². The van der Waals surface area contributed by atoms with Gasteiger partial charge in [-0.15, -0.1) is 0 Å². The molecule has 2 N–H and O–H groups in total. The highest BCUT2D eigenvalue weighted by Crippen LogP contribution is 2.19. The average molecular weight is 218 g/mol. The van der Waals surface area contributed by atoms with Gasteiger partial charge in [0.25, 0.3) is 0 Å². The van der Waals surface area contributed by atoms with E-state index < -0.39 is 11.7 Å². The van der Waals surface area contributed by atoms with Crippen molar-refractivity contribution in [1.82, 2.24) is 9.88 Å². The molecule has 82 valence electrons. The standard InChI is InChI=1S/C11H10N2O3/c14-10(15)13-7-11(16,8-13)5-4-9-3-1-2-6-12-9/h1-3,6,16H,7-8H2,(H,14,15). The minimum atomic E-state index is -1.23. The zero-order valence-electron chi connectivity index (χ0n) is 8.42. The van der Waals surface area contributed by atoms with Crippen LogP contribution in [0.15, 0.2) is 24.4 Å². The molecule has 0 atom stereocenters. The van der Waals surface area contributed by atoms with E-state index in [1.54, 1.807) is 24.4 Å². The first-order chi connectivity index (χ1) is 7.59. The van der Waals surface area contributed by atoms with Gasteiger partial charge in [0.15, 0.2) is 5.60 Å². The smallest absolute Gasteiger partial charge is 0.407 e. The number of β-amino-alcohol motifs (C(OH)–C–C–N with tert-alkyl or cyclic N) is 1. The molecule has 0 bridgehead atoms. The van der Waals surface area contributed by atoms with Crippen LogP contribution in [0.4, 0.5) is 4.79 Å². The van der Waals surface area contributed by atoms with E-state index in [-0.39, 0.29) is 13.1 Å². The highest BCUT2D eigenvalue weighted by Gasteiger charge is 2.42. The number of likely N-dealkylation sites (tertiary alicyclic amines) is 1. The van der Waals surface area contributed by atoms with Crippen molar-refractivity contribution in [1.29, 1.82) is 0 Å². The van der Waals surface area contributed by atoms with Crippen molar-refractivity contribution in [3.05, 3.63) is 30.1 Å². The summed E-state index contributed by atoms with van der Waals surface area (Å²) in [4.78, 5) is 15.6. The molecule has 1 aliphatic rings. The SMILES string of the molecule is O=C(O)N1CC(O)(C#Cc2ccccn2)C1. The molecule has 0 spiro atoms. The average Bonchev–Trinajstić information content (AvgIpc) is 2.24. The lowest BCUT2D eigenvalue weighted by molar-refractivity contribution is -0.0407. The monoisotopic (exact) mass is 218 g/mol. The molecule has 1 saturated heterocycles. The van der Waals surface area contributed by atoms with E-state index in [4.69, 9.17) is 5.11 Å². The van der Waals surface area contributed by atoms with Crippen LogP contribution in [0.2, 0.25) is 0 Å². The normalized spacial score (nSPS) is 16.9. The van der Waals surface area contributed by atoms with E-state index in [9.17, 15) is 9.90 Å². The van der Waals surface area contributed by atoms with Crippen LogP contribution >= 0.6 is 0 Å². The molecule has 5 heteroatoms. The van der Waals surface area contributed by atoms with Crippen molar-refractivity contribution in [2.24, 2.45) is 0 Å². The van der Waals surface area contributed by atoms with Gasteiger partial charge < -0.3 is 15.1 Å². The zero-order chi connectivity index (χ0) is 11.6. The first-order valence-electron chi connectivity index (χ1n) is 4.73. The maximum absolute atomic E-state index is 10.5. The molecule has 2 rings (SSSR count). The van der Waals surface area contributed by atoms with Crippen LogP contribution in [0, 0.1) is 11.8 Å². The minimum absolute atomic E-state index is 0.0299. The molecule has 1 amide bonds. The third kappa shape index (κ3) is 2.12. The second-order valence-corrected chi connectivity index (χ2v) is 3.64. The molecule has 1 fully saturated rings. The Bertz CT molecular complexity index is 455. The molecule has 1 aliphatic heterocycles. The van der Waals surface area contributed by atoms with Gasteiger partial charge in [-0.25, -0.2) is 9.78 Å². The highest BCUT2D eigenvalue weighted by atomic mass is 16.4. The minimum Gasteiger partial charge on any atom is -0.465 e.